The van der Waals surface area contributed by atoms with Crippen LogP contribution in [0.5, 0.6) is 0 Å². The Balaban J connectivity index is 2.33. The van der Waals surface area contributed by atoms with Crippen LogP contribution in [0, 0.1) is 18.6 Å². The summed E-state index contributed by atoms with van der Waals surface area (Å²) in [6.45, 7) is 3.60. The van der Waals surface area contributed by atoms with E-state index in [4.69, 9.17) is 23.2 Å². The first-order valence-corrected chi connectivity index (χ1v) is 6.82. The normalized spacial score (nSPS) is 12.3. The highest BCUT2D eigenvalue weighted by atomic mass is 35.5. The summed E-state index contributed by atoms with van der Waals surface area (Å²) in [6, 6.07) is 6.79. The fourth-order valence-electron chi connectivity index (χ4n) is 2.03. The van der Waals surface area contributed by atoms with Gasteiger partial charge in [-0.15, -0.1) is 0 Å². The molecule has 1 atom stereocenters. The lowest BCUT2D eigenvalue weighted by atomic mass is 10.1. The summed E-state index contributed by atoms with van der Waals surface area (Å²) in [6.07, 6.45) is 0. The molecule has 2 rings (SSSR count). The molecule has 2 aromatic rings. The summed E-state index contributed by atoms with van der Waals surface area (Å²) in [5.74, 6) is -0.821. The smallest absolute Gasteiger partial charge is 0.142 e. The minimum absolute atomic E-state index is 0.00253. The van der Waals surface area contributed by atoms with Crippen molar-refractivity contribution < 1.29 is 8.78 Å². The number of halogens is 4. The molecule has 0 saturated heterocycles. The van der Waals surface area contributed by atoms with Gasteiger partial charge >= 0.3 is 0 Å². The molecule has 0 aliphatic carbocycles. The number of aryl methyl sites for hydroxylation is 1. The maximum Gasteiger partial charge on any atom is 0.142 e. The summed E-state index contributed by atoms with van der Waals surface area (Å²) in [4.78, 5) is 0. The molecule has 2 aromatic carbocycles. The van der Waals surface area contributed by atoms with Gasteiger partial charge in [0.25, 0.3) is 0 Å². The number of hydrogen-bond donors (Lipinski definition) is 1. The summed E-state index contributed by atoms with van der Waals surface area (Å²) in [7, 11) is 0. The van der Waals surface area contributed by atoms with E-state index < -0.39 is 5.82 Å². The fourth-order valence-corrected chi connectivity index (χ4v) is 2.73. The molecule has 0 saturated carbocycles. The van der Waals surface area contributed by atoms with Crippen LogP contribution >= 0.6 is 23.2 Å². The number of hydrogen-bond acceptors (Lipinski definition) is 1. The van der Waals surface area contributed by atoms with Crippen LogP contribution in [0.4, 0.5) is 14.5 Å². The summed E-state index contributed by atoms with van der Waals surface area (Å²) in [5.41, 5.74) is 1.98. The molecule has 0 amide bonds. The van der Waals surface area contributed by atoms with Gasteiger partial charge in [-0.05, 0) is 49.7 Å². The van der Waals surface area contributed by atoms with Crippen LogP contribution in [0.15, 0.2) is 30.3 Å². The van der Waals surface area contributed by atoms with Gasteiger partial charge in [0.05, 0.1) is 11.1 Å². The van der Waals surface area contributed by atoms with Gasteiger partial charge in [-0.1, -0.05) is 23.2 Å². The Morgan fingerprint density at radius 1 is 1.10 bits per heavy atom. The zero-order chi connectivity index (χ0) is 14.9. The van der Waals surface area contributed by atoms with E-state index in [0.29, 0.717) is 10.6 Å². The van der Waals surface area contributed by atoms with Crippen molar-refractivity contribution in [3.8, 4) is 0 Å². The lowest BCUT2D eigenvalue weighted by molar-refractivity contribution is 0.624. The molecule has 1 nitrogen and oxygen atoms in total. The second-order valence-electron chi connectivity index (χ2n) is 4.58. The monoisotopic (exact) mass is 315 g/mol. The summed E-state index contributed by atoms with van der Waals surface area (Å²) < 4.78 is 26.6. The van der Waals surface area contributed by atoms with Crippen LogP contribution in [-0.4, -0.2) is 0 Å². The first-order chi connectivity index (χ1) is 9.40. The van der Waals surface area contributed by atoms with E-state index in [1.165, 1.54) is 24.3 Å². The number of nitrogens with one attached hydrogen (secondary N) is 1. The van der Waals surface area contributed by atoms with Gasteiger partial charge in [-0.25, -0.2) is 8.78 Å². The van der Waals surface area contributed by atoms with Gasteiger partial charge in [-0.3, -0.25) is 0 Å². The third kappa shape index (κ3) is 3.05. The number of anilines is 1. The molecule has 0 aliphatic heterocycles. The van der Waals surface area contributed by atoms with Crippen molar-refractivity contribution in [2.45, 2.75) is 19.9 Å². The van der Waals surface area contributed by atoms with Crippen LogP contribution < -0.4 is 5.32 Å². The quantitative estimate of drug-likeness (QED) is 0.711. The van der Waals surface area contributed by atoms with Gasteiger partial charge in [-0.2, -0.15) is 0 Å². The Hall–Kier alpha value is -1.32. The standard InChI is InChI=1S/C15H13Cl2F2N/c1-8-7-10(18)3-6-13(8)20-9(2)14-11(16)4-5-12(19)15(14)17/h3-7,9,20H,1-2H3. The maximum atomic E-state index is 13.5. The van der Waals surface area contributed by atoms with Crippen LogP contribution in [0.3, 0.4) is 0 Å². The van der Waals surface area contributed by atoms with E-state index in [9.17, 15) is 8.78 Å². The highest BCUT2D eigenvalue weighted by Gasteiger charge is 2.17. The summed E-state index contributed by atoms with van der Waals surface area (Å²) >= 11 is 12.0. The molecular weight excluding hydrogens is 303 g/mol. The Labute approximate surface area is 126 Å². The van der Waals surface area contributed by atoms with Crippen LogP contribution in [-0.2, 0) is 0 Å². The van der Waals surface area contributed by atoms with E-state index in [1.807, 2.05) is 6.92 Å². The Kier molecular flexibility index (Phi) is 4.51. The van der Waals surface area contributed by atoms with Gasteiger partial charge in [0.2, 0.25) is 0 Å². The second-order valence-corrected chi connectivity index (χ2v) is 5.37. The van der Waals surface area contributed by atoms with Crippen molar-refractivity contribution in [2.24, 2.45) is 0 Å². The first-order valence-electron chi connectivity index (χ1n) is 6.06. The number of benzene rings is 2. The minimum Gasteiger partial charge on any atom is -0.378 e. The van der Waals surface area contributed by atoms with E-state index in [0.717, 1.165) is 11.3 Å². The third-order valence-corrected chi connectivity index (χ3v) is 3.79. The zero-order valence-corrected chi connectivity index (χ0v) is 12.5. The lowest BCUT2D eigenvalue weighted by Crippen LogP contribution is -2.09. The van der Waals surface area contributed by atoms with Gasteiger partial charge in [0, 0.05) is 16.3 Å². The average molecular weight is 316 g/mol. The Morgan fingerprint density at radius 2 is 1.80 bits per heavy atom. The van der Waals surface area contributed by atoms with E-state index >= 15 is 0 Å². The van der Waals surface area contributed by atoms with E-state index in [1.54, 1.807) is 13.0 Å². The van der Waals surface area contributed by atoms with Crippen LogP contribution in [0.1, 0.15) is 24.1 Å². The van der Waals surface area contributed by atoms with Crippen LogP contribution in [0.2, 0.25) is 10.0 Å². The minimum atomic E-state index is -0.518. The van der Waals surface area contributed by atoms with E-state index in [-0.39, 0.29) is 16.9 Å². The molecule has 0 heterocycles. The SMILES string of the molecule is Cc1cc(F)ccc1NC(C)c1c(Cl)ccc(F)c1Cl. The van der Waals surface area contributed by atoms with Crippen molar-refractivity contribution >= 4 is 28.9 Å². The fraction of sp³-hybridized carbons (Fsp3) is 0.200. The molecule has 0 bridgehead atoms. The molecule has 0 fully saturated rings. The van der Waals surface area contributed by atoms with Crippen molar-refractivity contribution in [1.82, 2.24) is 0 Å². The molecule has 0 radical (unpaired) electrons. The molecule has 0 aliphatic rings. The van der Waals surface area contributed by atoms with E-state index in [2.05, 4.69) is 5.32 Å². The topological polar surface area (TPSA) is 12.0 Å². The molecule has 1 N–H and O–H groups in total. The molecule has 0 aromatic heterocycles. The molecule has 0 spiro atoms. The largest absolute Gasteiger partial charge is 0.378 e. The lowest BCUT2D eigenvalue weighted by Gasteiger charge is -2.20. The number of rotatable bonds is 3. The highest BCUT2D eigenvalue weighted by Crippen LogP contribution is 2.34. The maximum absolute atomic E-state index is 13.5. The Morgan fingerprint density at radius 3 is 2.45 bits per heavy atom. The van der Waals surface area contributed by atoms with Crippen molar-refractivity contribution in [1.29, 1.82) is 0 Å². The zero-order valence-electron chi connectivity index (χ0n) is 11.0. The van der Waals surface area contributed by atoms with Gasteiger partial charge < -0.3 is 5.32 Å². The predicted octanol–water partition coefficient (Wildman–Crippen LogP) is 5.75. The average Bonchev–Trinajstić information content (AvgIpc) is 2.38. The highest BCUT2D eigenvalue weighted by molar-refractivity contribution is 6.36. The van der Waals surface area contributed by atoms with Crippen LogP contribution in [0.25, 0.3) is 0 Å². The third-order valence-electron chi connectivity index (χ3n) is 3.07. The predicted molar refractivity (Wildman–Crippen MR) is 79.6 cm³/mol. The van der Waals surface area contributed by atoms with Gasteiger partial charge in [0.1, 0.15) is 11.6 Å². The first kappa shape index (κ1) is 15.1. The van der Waals surface area contributed by atoms with Gasteiger partial charge in [0.15, 0.2) is 0 Å². The van der Waals surface area contributed by atoms with Crippen molar-refractivity contribution in [3.63, 3.8) is 0 Å². The second kappa shape index (κ2) is 5.98. The van der Waals surface area contributed by atoms with Crippen molar-refractivity contribution in [3.05, 3.63) is 63.1 Å². The summed E-state index contributed by atoms with van der Waals surface area (Å²) in [5, 5.41) is 3.54. The molecule has 5 heteroatoms. The molecule has 106 valence electrons. The molecule has 20 heavy (non-hydrogen) atoms. The Bertz CT molecular complexity index is 644. The molecular formula is C15H13Cl2F2N. The molecule has 1 unspecified atom stereocenters. The van der Waals surface area contributed by atoms with Crippen molar-refractivity contribution in [2.75, 3.05) is 5.32 Å².